The molecule has 0 aliphatic carbocycles. The molecule has 0 radical (unpaired) electrons. The third-order valence-corrected chi connectivity index (χ3v) is 3.03. The van der Waals surface area contributed by atoms with Gasteiger partial charge in [0.25, 0.3) is 0 Å². The van der Waals surface area contributed by atoms with Crippen LogP contribution in [0.5, 0.6) is 0 Å². The molecule has 0 fully saturated rings. The molecular formula is C16H13FN2O. The lowest BCUT2D eigenvalue weighted by Gasteiger charge is -1.97. The number of halogens is 1. The first kappa shape index (κ1) is 12.5. The van der Waals surface area contributed by atoms with Crippen LogP contribution in [-0.4, -0.2) is 10.2 Å². The number of aromatic nitrogens is 2. The van der Waals surface area contributed by atoms with E-state index in [4.69, 9.17) is 4.42 Å². The summed E-state index contributed by atoms with van der Waals surface area (Å²) in [4.78, 5) is 0. The lowest BCUT2D eigenvalue weighted by Crippen LogP contribution is -1.90. The van der Waals surface area contributed by atoms with Gasteiger partial charge in [0.05, 0.1) is 0 Å². The normalized spacial score (nSPS) is 10.7. The Morgan fingerprint density at radius 1 is 0.850 bits per heavy atom. The Bertz CT molecular complexity index is 677. The number of aryl methyl sites for hydroxylation is 2. The van der Waals surface area contributed by atoms with E-state index in [0.29, 0.717) is 18.2 Å². The fourth-order valence-electron chi connectivity index (χ4n) is 1.96. The van der Waals surface area contributed by atoms with Gasteiger partial charge in [0.1, 0.15) is 5.82 Å². The van der Waals surface area contributed by atoms with Gasteiger partial charge in [0, 0.05) is 12.0 Å². The van der Waals surface area contributed by atoms with E-state index < -0.39 is 0 Å². The van der Waals surface area contributed by atoms with Crippen molar-refractivity contribution in [2.75, 3.05) is 0 Å². The van der Waals surface area contributed by atoms with E-state index in [0.717, 1.165) is 12.0 Å². The molecule has 0 unspecified atom stereocenters. The predicted octanol–water partition coefficient (Wildman–Crippen LogP) is 3.66. The average Bonchev–Trinajstić information content (AvgIpc) is 2.96. The maximum Gasteiger partial charge on any atom is 0.247 e. The van der Waals surface area contributed by atoms with Gasteiger partial charge in [0.15, 0.2) is 0 Å². The average molecular weight is 268 g/mol. The van der Waals surface area contributed by atoms with E-state index in [1.807, 2.05) is 18.2 Å². The summed E-state index contributed by atoms with van der Waals surface area (Å²) in [5.74, 6) is 0.735. The van der Waals surface area contributed by atoms with Crippen molar-refractivity contribution < 1.29 is 8.81 Å². The molecule has 3 nitrogen and oxygen atoms in total. The summed E-state index contributed by atoms with van der Waals surface area (Å²) in [6, 6.07) is 16.2. The summed E-state index contributed by atoms with van der Waals surface area (Å²) < 4.78 is 18.4. The topological polar surface area (TPSA) is 38.9 Å². The van der Waals surface area contributed by atoms with Gasteiger partial charge in [-0.15, -0.1) is 10.2 Å². The Balaban J connectivity index is 1.69. The van der Waals surface area contributed by atoms with Gasteiger partial charge in [-0.25, -0.2) is 4.39 Å². The molecule has 0 saturated heterocycles. The molecule has 100 valence electrons. The highest BCUT2D eigenvalue weighted by Crippen LogP contribution is 2.18. The Morgan fingerprint density at radius 3 is 2.35 bits per heavy atom. The molecule has 4 heteroatoms. The third kappa shape index (κ3) is 2.91. The predicted molar refractivity (Wildman–Crippen MR) is 73.5 cm³/mol. The van der Waals surface area contributed by atoms with Crippen molar-refractivity contribution in [2.24, 2.45) is 0 Å². The van der Waals surface area contributed by atoms with Gasteiger partial charge in [0.2, 0.25) is 11.8 Å². The lowest BCUT2D eigenvalue weighted by atomic mass is 10.1. The highest BCUT2D eigenvalue weighted by Gasteiger charge is 2.08. The number of nitrogens with zero attached hydrogens (tertiary/aromatic N) is 2. The van der Waals surface area contributed by atoms with Crippen LogP contribution in [0.4, 0.5) is 4.39 Å². The first-order valence-electron chi connectivity index (χ1n) is 6.43. The second-order valence-corrected chi connectivity index (χ2v) is 4.49. The summed E-state index contributed by atoms with van der Waals surface area (Å²) in [6.45, 7) is 0. The molecule has 0 N–H and O–H groups in total. The second-order valence-electron chi connectivity index (χ2n) is 4.49. The van der Waals surface area contributed by atoms with Gasteiger partial charge in [-0.2, -0.15) is 0 Å². The fourth-order valence-corrected chi connectivity index (χ4v) is 1.96. The summed E-state index contributed by atoms with van der Waals surface area (Å²) in [5.41, 5.74) is 1.96. The van der Waals surface area contributed by atoms with Crippen LogP contribution in [0, 0.1) is 5.82 Å². The van der Waals surface area contributed by atoms with E-state index in [-0.39, 0.29) is 5.82 Å². The highest BCUT2D eigenvalue weighted by atomic mass is 19.1. The van der Waals surface area contributed by atoms with Crippen molar-refractivity contribution >= 4 is 0 Å². The number of hydrogen-bond acceptors (Lipinski definition) is 3. The number of benzene rings is 2. The van der Waals surface area contributed by atoms with E-state index in [1.54, 1.807) is 12.1 Å². The third-order valence-electron chi connectivity index (χ3n) is 3.03. The molecule has 0 aliphatic heterocycles. The smallest absolute Gasteiger partial charge is 0.247 e. The van der Waals surface area contributed by atoms with Gasteiger partial charge >= 0.3 is 0 Å². The quantitative estimate of drug-likeness (QED) is 0.724. The van der Waals surface area contributed by atoms with Crippen molar-refractivity contribution in [3.63, 3.8) is 0 Å². The van der Waals surface area contributed by atoms with E-state index in [9.17, 15) is 4.39 Å². The molecule has 0 saturated carbocycles. The van der Waals surface area contributed by atoms with Crippen LogP contribution in [-0.2, 0) is 12.8 Å². The molecule has 0 amide bonds. The first-order chi connectivity index (χ1) is 9.81. The van der Waals surface area contributed by atoms with Crippen molar-refractivity contribution in [1.29, 1.82) is 0 Å². The minimum Gasteiger partial charge on any atom is -0.421 e. The van der Waals surface area contributed by atoms with Gasteiger partial charge < -0.3 is 4.42 Å². The van der Waals surface area contributed by atoms with Crippen molar-refractivity contribution in [1.82, 2.24) is 10.2 Å². The molecule has 3 rings (SSSR count). The summed E-state index contributed by atoms with van der Waals surface area (Å²) in [5, 5.41) is 8.01. The van der Waals surface area contributed by atoms with Crippen LogP contribution < -0.4 is 0 Å². The molecule has 0 aliphatic rings. The van der Waals surface area contributed by atoms with Crippen LogP contribution in [0.1, 0.15) is 11.5 Å². The van der Waals surface area contributed by atoms with Crippen LogP contribution in [0.25, 0.3) is 11.5 Å². The summed E-state index contributed by atoms with van der Waals surface area (Å²) >= 11 is 0. The Kier molecular flexibility index (Phi) is 3.54. The largest absolute Gasteiger partial charge is 0.421 e. The molecule has 0 spiro atoms. The van der Waals surface area contributed by atoms with Crippen LogP contribution in [0.2, 0.25) is 0 Å². The lowest BCUT2D eigenvalue weighted by molar-refractivity contribution is 0.504. The molecule has 2 aromatic carbocycles. The summed E-state index contributed by atoms with van der Waals surface area (Å²) in [6.07, 6.45) is 1.55. The Labute approximate surface area is 116 Å². The zero-order chi connectivity index (χ0) is 13.8. The minimum absolute atomic E-state index is 0.280. The Morgan fingerprint density at radius 2 is 1.60 bits per heavy atom. The standard InChI is InChI=1S/C16H13FN2O/c17-14-9-7-13(8-10-14)16-19-18-15(20-16)11-6-12-4-2-1-3-5-12/h1-5,7-10H,6,11H2. The molecule has 3 aromatic rings. The van der Waals surface area contributed by atoms with Crippen LogP contribution in [0.15, 0.2) is 59.0 Å². The second kappa shape index (κ2) is 5.65. The molecule has 0 atom stereocenters. The van der Waals surface area contributed by atoms with Crippen molar-refractivity contribution in [3.8, 4) is 11.5 Å². The van der Waals surface area contributed by atoms with E-state index >= 15 is 0 Å². The van der Waals surface area contributed by atoms with Gasteiger partial charge in [-0.05, 0) is 36.2 Å². The van der Waals surface area contributed by atoms with Crippen molar-refractivity contribution in [3.05, 3.63) is 71.9 Å². The maximum atomic E-state index is 12.8. The zero-order valence-corrected chi connectivity index (χ0v) is 10.8. The van der Waals surface area contributed by atoms with Crippen LogP contribution >= 0.6 is 0 Å². The maximum absolute atomic E-state index is 12.8. The highest BCUT2D eigenvalue weighted by molar-refractivity contribution is 5.51. The molecule has 0 bridgehead atoms. The van der Waals surface area contributed by atoms with Crippen LogP contribution in [0.3, 0.4) is 0 Å². The molecule has 1 aromatic heterocycles. The van der Waals surface area contributed by atoms with E-state index in [1.165, 1.54) is 17.7 Å². The van der Waals surface area contributed by atoms with Gasteiger partial charge in [-0.3, -0.25) is 0 Å². The Hall–Kier alpha value is -2.49. The molecular weight excluding hydrogens is 255 g/mol. The minimum atomic E-state index is -0.280. The summed E-state index contributed by atoms with van der Waals surface area (Å²) in [7, 11) is 0. The number of rotatable bonds is 4. The zero-order valence-electron chi connectivity index (χ0n) is 10.8. The molecule has 20 heavy (non-hydrogen) atoms. The van der Waals surface area contributed by atoms with Crippen molar-refractivity contribution in [2.45, 2.75) is 12.8 Å². The fraction of sp³-hybridized carbons (Fsp3) is 0.125. The SMILES string of the molecule is Fc1ccc(-c2nnc(CCc3ccccc3)o2)cc1. The van der Waals surface area contributed by atoms with Gasteiger partial charge in [-0.1, -0.05) is 30.3 Å². The number of hydrogen-bond donors (Lipinski definition) is 0. The molecule has 1 heterocycles. The monoisotopic (exact) mass is 268 g/mol. The van der Waals surface area contributed by atoms with E-state index in [2.05, 4.69) is 22.3 Å². The first-order valence-corrected chi connectivity index (χ1v) is 6.43.